The summed E-state index contributed by atoms with van der Waals surface area (Å²) >= 11 is 6.03. The molecule has 0 aliphatic rings. The van der Waals surface area contributed by atoms with E-state index in [1.54, 1.807) is 12.1 Å². The van der Waals surface area contributed by atoms with Gasteiger partial charge >= 0.3 is 0 Å². The van der Waals surface area contributed by atoms with Crippen molar-refractivity contribution in [2.45, 2.75) is 11.4 Å². The van der Waals surface area contributed by atoms with Crippen LogP contribution in [0.25, 0.3) is 0 Å². The summed E-state index contributed by atoms with van der Waals surface area (Å²) in [5, 5.41) is 3.04. The fourth-order valence-corrected chi connectivity index (χ4v) is 3.96. The minimum atomic E-state index is -3.82. The molecule has 0 aliphatic heterocycles. The third kappa shape index (κ3) is 6.37. The SMILES string of the molecule is COc1ccc(NS(=O)(=O)c2ccc(OCC(=O)NCc3ccccc3)cc2)cc1Cl. The third-order valence-electron chi connectivity index (χ3n) is 4.24. The van der Waals surface area contributed by atoms with E-state index in [0.717, 1.165) is 5.56 Å². The zero-order valence-electron chi connectivity index (χ0n) is 16.7. The standard InChI is InChI=1S/C22H21ClN2O5S/c1-29-21-12-7-17(13-20(21)23)25-31(27,28)19-10-8-18(9-11-19)30-15-22(26)24-14-16-5-3-2-4-6-16/h2-13,25H,14-15H2,1H3,(H,24,26). The van der Waals surface area contributed by atoms with Gasteiger partial charge in [-0.15, -0.1) is 0 Å². The van der Waals surface area contributed by atoms with E-state index in [0.29, 0.717) is 23.7 Å². The molecule has 0 aliphatic carbocycles. The van der Waals surface area contributed by atoms with Crippen LogP contribution >= 0.6 is 11.6 Å². The molecule has 0 radical (unpaired) electrons. The number of benzene rings is 3. The normalized spacial score (nSPS) is 10.9. The van der Waals surface area contributed by atoms with E-state index in [1.807, 2.05) is 30.3 Å². The highest BCUT2D eigenvalue weighted by Gasteiger charge is 2.15. The van der Waals surface area contributed by atoms with E-state index >= 15 is 0 Å². The van der Waals surface area contributed by atoms with Gasteiger partial charge in [0.2, 0.25) is 0 Å². The third-order valence-corrected chi connectivity index (χ3v) is 5.93. The van der Waals surface area contributed by atoms with E-state index in [2.05, 4.69) is 10.0 Å². The maximum Gasteiger partial charge on any atom is 0.261 e. The van der Waals surface area contributed by atoms with Gasteiger partial charge < -0.3 is 14.8 Å². The first kappa shape index (κ1) is 22.5. The summed E-state index contributed by atoms with van der Waals surface area (Å²) in [6.07, 6.45) is 0. The van der Waals surface area contributed by atoms with Crippen LogP contribution in [0.5, 0.6) is 11.5 Å². The second-order valence-electron chi connectivity index (χ2n) is 6.48. The van der Waals surface area contributed by atoms with Crippen LogP contribution in [-0.2, 0) is 21.4 Å². The van der Waals surface area contributed by atoms with Crippen LogP contribution in [0.1, 0.15) is 5.56 Å². The zero-order chi connectivity index (χ0) is 22.3. The molecule has 3 rings (SSSR count). The highest BCUT2D eigenvalue weighted by Crippen LogP contribution is 2.28. The molecule has 0 atom stereocenters. The van der Waals surface area contributed by atoms with Gasteiger partial charge in [0.25, 0.3) is 15.9 Å². The fraction of sp³-hybridized carbons (Fsp3) is 0.136. The van der Waals surface area contributed by atoms with Gasteiger partial charge in [0.15, 0.2) is 6.61 Å². The quantitative estimate of drug-likeness (QED) is 0.506. The molecule has 0 spiro atoms. The molecule has 7 nitrogen and oxygen atoms in total. The molecule has 3 aromatic rings. The first-order valence-corrected chi connectivity index (χ1v) is 11.1. The summed E-state index contributed by atoms with van der Waals surface area (Å²) < 4.78 is 38.1. The van der Waals surface area contributed by atoms with Crippen molar-refractivity contribution < 1.29 is 22.7 Å². The van der Waals surface area contributed by atoms with Crippen molar-refractivity contribution in [3.8, 4) is 11.5 Å². The lowest BCUT2D eigenvalue weighted by Crippen LogP contribution is -2.28. The fourth-order valence-electron chi connectivity index (χ4n) is 2.66. The summed E-state index contributed by atoms with van der Waals surface area (Å²) in [7, 11) is -2.35. The summed E-state index contributed by atoms with van der Waals surface area (Å²) in [6, 6.07) is 19.9. The van der Waals surface area contributed by atoms with Crippen LogP contribution in [0.15, 0.2) is 77.7 Å². The first-order valence-electron chi connectivity index (χ1n) is 9.27. The molecule has 2 N–H and O–H groups in total. The van der Waals surface area contributed by atoms with Crippen molar-refractivity contribution in [1.82, 2.24) is 5.32 Å². The Labute approximate surface area is 186 Å². The number of anilines is 1. The number of rotatable bonds is 9. The number of hydrogen-bond acceptors (Lipinski definition) is 5. The average molecular weight is 461 g/mol. The maximum absolute atomic E-state index is 12.6. The van der Waals surface area contributed by atoms with Crippen LogP contribution in [-0.4, -0.2) is 28.0 Å². The Morgan fingerprint density at radius 3 is 2.35 bits per heavy atom. The van der Waals surface area contributed by atoms with Crippen molar-refractivity contribution in [2.75, 3.05) is 18.4 Å². The van der Waals surface area contributed by atoms with Crippen LogP contribution in [0.4, 0.5) is 5.69 Å². The van der Waals surface area contributed by atoms with Gasteiger partial charge in [-0.1, -0.05) is 41.9 Å². The lowest BCUT2D eigenvalue weighted by molar-refractivity contribution is -0.123. The van der Waals surface area contributed by atoms with Crippen molar-refractivity contribution in [3.05, 3.63) is 83.4 Å². The molecule has 162 valence electrons. The van der Waals surface area contributed by atoms with Gasteiger partial charge in [0.1, 0.15) is 11.5 Å². The second kappa shape index (κ2) is 10.2. The number of methoxy groups -OCH3 is 1. The topological polar surface area (TPSA) is 93.7 Å². The molecular formula is C22H21ClN2O5S. The molecule has 9 heteroatoms. The van der Waals surface area contributed by atoms with E-state index in [4.69, 9.17) is 21.1 Å². The summed E-state index contributed by atoms with van der Waals surface area (Å²) in [6.45, 7) is 0.225. The number of halogens is 1. The minimum Gasteiger partial charge on any atom is -0.495 e. The Balaban J connectivity index is 1.55. The molecule has 0 bridgehead atoms. The Morgan fingerprint density at radius 1 is 1.00 bits per heavy atom. The van der Waals surface area contributed by atoms with E-state index < -0.39 is 10.0 Å². The Hall–Kier alpha value is -3.23. The Kier molecular flexibility index (Phi) is 7.38. The van der Waals surface area contributed by atoms with Gasteiger partial charge in [-0.05, 0) is 48.0 Å². The van der Waals surface area contributed by atoms with Gasteiger partial charge in [-0.3, -0.25) is 9.52 Å². The number of nitrogens with one attached hydrogen (secondary N) is 2. The second-order valence-corrected chi connectivity index (χ2v) is 8.57. The van der Waals surface area contributed by atoms with E-state index in [1.165, 1.54) is 37.4 Å². The Morgan fingerprint density at radius 2 is 1.71 bits per heavy atom. The van der Waals surface area contributed by atoms with Crippen LogP contribution in [0, 0.1) is 0 Å². The summed E-state index contributed by atoms with van der Waals surface area (Å²) in [5.74, 6) is 0.541. The molecule has 0 unspecified atom stereocenters. The van der Waals surface area contributed by atoms with Crippen molar-refractivity contribution >= 4 is 33.2 Å². The maximum atomic E-state index is 12.6. The lowest BCUT2D eigenvalue weighted by Gasteiger charge is -2.11. The molecule has 31 heavy (non-hydrogen) atoms. The predicted octanol–water partition coefficient (Wildman–Crippen LogP) is 3.84. The molecule has 3 aromatic carbocycles. The van der Waals surface area contributed by atoms with Gasteiger partial charge in [-0.25, -0.2) is 8.42 Å². The van der Waals surface area contributed by atoms with Crippen molar-refractivity contribution in [2.24, 2.45) is 0 Å². The summed E-state index contributed by atoms with van der Waals surface area (Å²) in [4.78, 5) is 12.0. The lowest BCUT2D eigenvalue weighted by atomic mass is 10.2. The van der Waals surface area contributed by atoms with Gasteiger partial charge in [0.05, 0.1) is 22.7 Å². The molecule has 0 heterocycles. The largest absolute Gasteiger partial charge is 0.495 e. The molecule has 0 saturated heterocycles. The summed E-state index contributed by atoms with van der Waals surface area (Å²) in [5.41, 5.74) is 1.29. The van der Waals surface area contributed by atoms with Gasteiger partial charge in [0, 0.05) is 6.54 Å². The predicted molar refractivity (Wildman–Crippen MR) is 119 cm³/mol. The van der Waals surface area contributed by atoms with Gasteiger partial charge in [-0.2, -0.15) is 0 Å². The average Bonchev–Trinajstić information content (AvgIpc) is 2.77. The highest BCUT2D eigenvalue weighted by molar-refractivity contribution is 7.92. The van der Waals surface area contributed by atoms with Crippen molar-refractivity contribution in [1.29, 1.82) is 0 Å². The molecule has 0 aromatic heterocycles. The smallest absolute Gasteiger partial charge is 0.261 e. The number of hydrogen-bond donors (Lipinski definition) is 2. The number of amides is 1. The number of carbonyl (C=O) groups excluding carboxylic acids is 1. The molecular weight excluding hydrogens is 440 g/mol. The monoisotopic (exact) mass is 460 g/mol. The van der Waals surface area contributed by atoms with E-state index in [-0.39, 0.29) is 22.4 Å². The number of ether oxygens (including phenoxy) is 2. The van der Waals surface area contributed by atoms with Crippen LogP contribution in [0.2, 0.25) is 5.02 Å². The molecule has 1 amide bonds. The van der Waals surface area contributed by atoms with E-state index in [9.17, 15) is 13.2 Å². The van der Waals surface area contributed by atoms with Crippen LogP contribution < -0.4 is 19.5 Å². The number of carbonyl (C=O) groups is 1. The Bertz CT molecular complexity index is 1140. The molecule has 0 saturated carbocycles. The van der Waals surface area contributed by atoms with Crippen molar-refractivity contribution in [3.63, 3.8) is 0 Å². The van der Waals surface area contributed by atoms with Crippen LogP contribution in [0.3, 0.4) is 0 Å². The minimum absolute atomic E-state index is 0.0420. The molecule has 0 fully saturated rings. The first-order chi connectivity index (χ1) is 14.9. The number of sulfonamides is 1. The highest BCUT2D eigenvalue weighted by atomic mass is 35.5. The zero-order valence-corrected chi connectivity index (χ0v) is 18.2.